The van der Waals surface area contributed by atoms with E-state index in [4.69, 9.17) is 5.73 Å². The number of ketones is 1. The summed E-state index contributed by atoms with van der Waals surface area (Å²) in [6.45, 7) is 1.39. The predicted molar refractivity (Wildman–Crippen MR) is 68.6 cm³/mol. The molecule has 0 amide bonds. The molecule has 1 unspecified atom stereocenters. The third-order valence-corrected chi connectivity index (χ3v) is 3.12. The molecular formula is C15H12F3NO. The van der Waals surface area contributed by atoms with Crippen molar-refractivity contribution in [3.05, 3.63) is 71.0 Å². The van der Waals surface area contributed by atoms with Crippen LogP contribution in [0.5, 0.6) is 0 Å². The van der Waals surface area contributed by atoms with E-state index in [0.29, 0.717) is 11.6 Å². The number of hydrogen-bond donors (Lipinski definition) is 1. The van der Waals surface area contributed by atoms with E-state index in [-0.39, 0.29) is 0 Å². The quantitative estimate of drug-likeness (QED) is 0.692. The van der Waals surface area contributed by atoms with Crippen molar-refractivity contribution < 1.29 is 18.0 Å². The number of halogens is 3. The molecule has 2 N–H and O–H groups in total. The summed E-state index contributed by atoms with van der Waals surface area (Å²) in [6.07, 6.45) is 0. The van der Waals surface area contributed by atoms with Crippen LogP contribution in [0.25, 0.3) is 0 Å². The summed E-state index contributed by atoms with van der Waals surface area (Å²) in [5.74, 6) is -5.38. The lowest BCUT2D eigenvalue weighted by Crippen LogP contribution is -2.42. The molecule has 1 atom stereocenters. The minimum atomic E-state index is -1.68. The first-order chi connectivity index (χ1) is 9.35. The Morgan fingerprint density at radius 3 is 2.20 bits per heavy atom. The van der Waals surface area contributed by atoms with Crippen LogP contribution in [0.3, 0.4) is 0 Å². The molecule has 0 fully saturated rings. The van der Waals surface area contributed by atoms with Crippen LogP contribution in [0.4, 0.5) is 13.2 Å². The fourth-order valence-corrected chi connectivity index (χ4v) is 1.90. The Morgan fingerprint density at radius 2 is 1.60 bits per heavy atom. The normalized spacial score (nSPS) is 13.8. The van der Waals surface area contributed by atoms with E-state index >= 15 is 0 Å². The van der Waals surface area contributed by atoms with Gasteiger partial charge in [0.25, 0.3) is 0 Å². The molecule has 0 spiro atoms. The van der Waals surface area contributed by atoms with E-state index in [1.807, 2.05) is 0 Å². The van der Waals surface area contributed by atoms with Gasteiger partial charge in [-0.1, -0.05) is 30.3 Å². The van der Waals surface area contributed by atoms with Gasteiger partial charge in [0.1, 0.15) is 5.54 Å². The van der Waals surface area contributed by atoms with Crippen molar-refractivity contribution in [2.24, 2.45) is 5.73 Å². The molecule has 0 bridgehead atoms. The Hall–Kier alpha value is -2.14. The van der Waals surface area contributed by atoms with E-state index in [1.54, 1.807) is 30.3 Å². The molecule has 0 aromatic heterocycles. The molecule has 2 aromatic rings. The third kappa shape index (κ3) is 2.32. The number of rotatable bonds is 3. The van der Waals surface area contributed by atoms with Gasteiger partial charge < -0.3 is 5.73 Å². The van der Waals surface area contributed by atoms with Crippen LogP contribution in [-0.2, 0) is 5.54 Å². The fourth-order valence-electron chi connectivity index (χ4n) is 1.90. The summed E-state index contributed by atoms with van der Waals surface area (Å²) in [7, 11) is 0. The van der Waals surface area contributed by atoms with Crippen LogP contribution >= 0.6 is 0 Å². The highest BCUT2D eigenvalue weighted by atomic mass is 19.2. The summed E-state index contributed by atoms with van der Waals surface area (Å²) in [5, 5.41) is 0. The van der Waals surface area contributed by atoms with E-state index in [1.165, 1.54) is 6.92 Å². The average Bonchev–Trinajstić information content (AvgIpc) is 2.45. The highest BCUT2D eigenvalue weighted by Crippen LogP contribution is 2.25. The highest BCUT2D eigenvalue weighted by molar-refractivity contribution is 6.03. The smallest absolute Gasteiger partial charge is 0.195 e. The molecule has 5 heteroatoms. The van der Waals surface area contributed by atoms with Gasteiger partial charge in [-0.15, -0.1) is 0 Å². The monoisotopic (exact) mass is 279 g/mol. The first kappa shape index (κ1) is 14.3. The van der Waals surface area contributed by atoms with E-state index < -0.39 is 34.3 Å². The van der Waals surface area contributed by atoms with Gasteiger partial charge in [-0.05, 0) is 24.6 Å². The Morgan fingerprint density at radius 1 is 1.00 bits per heavy atom. The molecule has 0 aliphatic rings. The van der Waals surface area contributed by atoms with Gasteiger partial charge in [0.15, 0.2) is 23.2 Å². The molecule has 0 heterocycles. The van der Waals surface area contributed by atoms with Crippen molar-refractivity contribution in [1.82, 2.24) is 0 Å². The van der Waals surface area contributed by atoms with Gasteiger partial charge in [-0.2, -0.15) is 0 Å². The molecule has 0 radical (unpaired) electrons. The Balaban J connectivity index is 2.49. The first-order valence-corrected chi connectivity index (χ1v) is 5.88. The summed E-state index contributed by atoms with van der Waals surface area (Å²) < 4.78 is 39.8. The van der Waals surface area contributed by atoms with Gasteiger partial charge in [0.2, 0.25) is 0 Å². The van der Waals surface area contributed by atoms with Gasteiger partial charge in [0, 0.05) is 0 Å². The summed E-state index contributed by atoms with van der Waals surface area (Å²) in [4.78, 5) is 12.3. The van der Waals surface area contributed by atoms with Gasteiger partial charge in [-0.3, -0.25) is 4.79 Å². The summed E-state index contributed by atoms with van der Waals surface area (Å²) >= 11 is 0. The lowest BCUT2D eigenvalue weighted by atomic mass is 9.85. The zero-order valence-corrected chi connectivity index (χ0v) is 10.7. The standard InChI is InChI=1S/C15H12F3NO/c1-15(19,9-5-3-2-4-6-9)14(20)10-7-8-11(16)13(18)12(10)17/h2-8H,19H2,1H3. The SMILES string of the molecule is CC(N)(C(=O)c1ccc(F)c(F)c1F)c1ccccc1. The first-order valence-electron chi connectivity index (χ1n) is 5.88. The number of benzene rings is 2. The predicted octanol–water partition coefficient (Wildman–Crippen LogP) is 3.16. The molecule has 0 aliphatic carbocycles. The number of hydrogen-bond acceptors (Lipinski definition) is 2. The van der Waals surface area contributed by atoms with Crippen LogP contribution in [-0.4, -0.2) is 5.78 Å². The van der Waals surface area contributed by atoms with Crippen LogP contribution in [0, 0.1) is 17.5 Å². The molecule has 0 aliphatic heterocycles. The molecule has 2 nitrogen and oxygen atoms in total. The van der Waals surface area contributed by atoms with E-state index in [9.17, 15) is 18.0 Å². The van der Waals surface area contributed by atoms with Crippen molar-refractivity contribution in [3.63, 3.8) is 0 Å². The van der Waals surface area contributed by atoms with Crippen molar-refractivity contribution in [3.8, 4) is 0 Å². The van der Waals surface area contributed by atoms with E-state index in [2.05, 4.69) is 0 Å². The van der Waals surface area contributed by atoms with Crippen LogP contribution in [0.15, 0.2) is 42.5 Å². The molecule has 104 valence electrons. The number of Topliss-reactive ketones (excluding diaryl/α,β-unsaturated/α-hetero) is 1. The average molecular weight is 279 g/mol. The molecule has 20 heavy (non-hydrogen) atoms. The maximum atomic E-state index is 13.7. The lowest BCUT2D eigenvalue weighted by molar-refractivity contribution is 0.0894. The number of nitrogens with two attached hydrogens (primary N) is 1. The Bertz CT molecular complexity index is 654. The second-order valence-electron chi connectivity index (χ2n) is 4.62. The number of carbonyl (C=O) groups excluding carboxylic acids is 1. The molecule has 0 saturated heterocycles. The summed E-state index contributed by atoms with van der Waals surface area (Å²) in [6, 6.07) is 9.90. The van der Waals surface area contributed by atoms with Gasteiger partial charge in [-0.25, -0.2) is 13.2 Å². The largest absolute Gasteiger partial charge is 0.315 e. The zero-order chi connectivity index (χ0) is 14.9. The Labute approximate surface area is 114 Å². The lowest BCUT2D eigenvalue weighted by Gasteiger charge is -2.24. The van der Waals surface area contributed by atoms with Crippen LogP contribution in [0.2, 0.25) is 0 Å². The van der Waals surface area contributed by atoms with Gasteiger partial charge in [0.05, 0.1) is 5.56 Å². The fraction of sp³-hybridized carbons (Fsp3) is 0.133. The van der Waals surface area contributed by atoms with E-state index in [0.717, 1.165) is 6.07 Å². The third-order valence-electron chi connectivity index (χ3n) is 3.12. The van der Waals surface area contributed by atoms with Gasteiger partial charge >= 0.3 is 0 Å². The maximum Gasteiger partial charge on any atom is 0.195 e. The highest BCUT2D eigenvalue weighted by Gasteiger charge is 2.34. The zero-order valence-electron chi connectivity index (χ0n) is 10.7. The molecule has 2 rings (SSSR count). The molecule has 2 aromatic carbocycles. The Kier molecular flexibility index (Phi) is 3.63. The van der Waals surface area contributed by atoms with Crippen molar-refractivity contribution in [1.29, 1.82) is 0 Å². The number of carbonyl (C=O) groups is 1. The van der Waals surface area contributed by atoms with Crippen molar-refractivity contribution >= 4 is 5.78 Å². The maximum absolute atomic E-state index is 13.7. The minimum Gasteiger partial charge on any atom is -0.315 e. The van der Waals surface area contributed by atoms with Crippen molar-refractivity contribution in [2.45, 2.75) is 12.5 Å². The van der Waals surface area contributed by atoms with Crippen molar-refractivity contribution in [2.75, 3.05) is 0 Å². The molecular weight excluding hydrogens is 267 g/mol. The minimum absolute atomic E-state index is 0.453. The summed E-state index contributed by atoms with van der Waals surface area (Å²) in [5.41, 5.74) is 4.28. The van der Waals surface area contributed by atoms with Crippen LogP contribution < -0.4 is 5.73 Å². The second kappa shape index (κ2) is 5.09. The molecule has 0 saturated carbocycles. The topological polar surface area (TPSA) is 43.1 Å². The van der Waals surface area contributed by atoms with Crippen LogP contribution in [0.1, 0.15) is 22.8 Å². The second-order valence-corrected chi connectivity index (χ2v) is 4.62.